The molecule has 34 heavy (non-hydrogen) atoms. The topological polar surface area (TPSA) is 93.1 Å². The van der Waals surface area contributed by atoms with Gasteiger partial charge in [-0.05, 0) is 38.5 Å². The molecule has 0 aromatic carbocycles. The number of esters is 2. The van der Waals surface area contributed by atoms with E-state index in [9.17, 15) is 9.59 Å². The van der Waals surface area contributed by atoms with Crippen LogP contribution in [0.5, 0.6) is 0 Å². The number of rotatable bonds is 26. The molecule has 0 aliphatic rings. The fourth-order valence-electron chi connectivity index (χ4n) is 3.78. The van der Waals surface area contributed by atoms with Gasteiger partial charge in [-0.3, -0.25) is 9.59 Å². The highest BCUT2D eigenvalue weighted by atomic mass is 16.5. The summed E-state index contributed by atoms with van der Waals surface area (Å²) in [6, 6.07) is 0. The number of hydrogen-bond donors (Lipinski definition) is 2. The van der Waals surface area contributed by atoms with Crippen molar-refractivity contribution in [3.8, 4) is 0 Å². The Hall–Kier alpha value is -1.40. The summed E-state index contributed by atoms with van der Waals surface area (Å²) in [7, 11) is 0. The van der Waals surface area contributed by atoms with Crippen LogP contribution in [0.25, 0.3) is 0 Å². The maximum absolute atomic E-state index is 11.1. The van der Waals surface area contributed by atoms with Crippen molar-refractivity contribution in [3.63, 3.8) is 0 Å². The van der Waals surface area contributed by atoms with Crippen molar-refractivity contribution in [1.29, 1.82) is 0 Å². The van der Waals surface area contributed by atoms with Crippen LogP contribution in [-0.2, 0) is 19.1 Å². The predicted molar refractivity (Wildman–Crippen MR) is 138 cm³/mol. The summed E-state index contributed by atoms with van der Waals surface area (Å²) in [4.78, 5) is 22.2. The van der Waals surface area contributed by atoms with E-state index in [2.05, 4.69) is 12.2 Å². The van der Waals surface area contributed by atoms with E-state index in [4.69, 9.17) is 19.7 Å². The molecule has 0 bridgehead atoms. The summed E-state index contributed by atoms with van der Waals surface area (Å²) in [5.74, 6) is -0.595. The molecule has 0 saturated heterocycles. The van der Waals surface area contributed by atoms with Crippen LogP contribution in [0, 0.1) is 0 Å². The maximum atomic E-state index is 11.1. The molecule has 0 aliphatic carbocycles. The Bertz CT molecular complexity index is 478. The Labute approximate surface area is 208 Å². The molecule has 0 spiro atoms. The van der Waals surface area contributed by atoms with Gasteiger partial charge in [0, 0.05) is 0 Å². The minimum atomic E-state index is -0.299. The molecule has 0 radical (unpaired) electrons. The SMILES string of the molecule is O=C(CCO)OCCCCCCCCC=CCCCCCCCCCCCCOC(=O)CCO. The molecule has 6 heteroatoms. The van der Waals surface area contributed by atoms with Crippen molar-refractivity contribution < 1.29 is 29.3 Å². The van der Waals surface area contributed by atoms with Gasteiger partial charge in [0.15, 0.2) is 0 Å². The van der Waals surface area contributed by atoms with E-state index in [1.165, 1.54) is 89.9 Å². The Morgan fingerprint density at radius 2 is 0.765 bits per heavy atom. The molecule has 0 heterocycles. The lowest BCUT2D eigenvalue weighted by Crippen LogP contribution is -2.07. The van der Waals surface area contributed by atoms with E-state index in [1.54, 1.807) is 0 Å². The molecule has 0 rings (SSSR count). The first-order chi connectivity index (χ1) is 16.7. The third-order valence-corrected chi connectivity index (χ3v) is 5.85. The summed E-state index contributed by atoms with van der Waals surface area (Å²) >= 11 is 0. The zero-order valence-electron chi connectivity index (χ0n) is 21.7. The highest BCUT2D eigenvalue weighted by Crippen LogP contribution is 2.12. The van der Waals surface area contributed by atoms with E-state index >= 15 is 0 Å². The van der Waals surface area contributed by atoms with Crippen LogP contribution in [0.15, 0.2) is 12.2 Å². The Balaban J connectivity index is 3.15. The molecule has 0 aliphatic heterocycles. The van der Waals surface area contributed by atoms with Crippen molar-refractivity contribution in [2.75, 3.05) is 26.4 Å². The maximum Gasteiger partial charge on any atom is 0.308 e. The average Bonchev–Trinajstić information content (AvgIpc) is 2.82. The summed E-state index contributed by atoms with van der Waals surface area (Å²) < 4.78 is 10.0. The first kappa shape index (κ1) is 32.6. The van der Waals surface area contributed by atoms with Crippen LogP contribution in [0.3, 0.4) is 0 Å². The summed E-state index contributed by atoms with van der Waals surface area (Å²) in [6.07, 6.45) is 26.8. The minimum absolute atomic E-state index is 0.103. The van der Waals surface area contributed by atoms with Gasteiger partial charge in [0.25, 0.3) is 0 Å². The monoisotopic (exact) mass is 484 g/mol. The Morgan fingerprint density at radius 1 is 0.471 bits per heavy atom. The number of carbonyl (C=O) groups excluding carboxylic acids is 2. The molecule has 0 amide bonds. The summed E-state index contributed by atoms with van der Waals surface area (Å²) in [6.45, 7) is 0.709. The molecule has 0 aromatic heterocycles. The van der Waals surface area contributed by atoms with Crippen molar-refractivity contribution in [3.05, 3.63) is 12.2 Å². The second-order valence-corrected chi connectivity index (χ2v) is 9.09. The zero-order chi connectivity index (χ0) is 25.0. The number of carbonyl (C=O) groups is 2. The van der Waals surface area contributed by atoms with Crippen molar-refractivity contribution >= 4 is 11.9 Å². The highest BCUT2D eigenvalue weighted by Gasteiger charge is 2.01. The number of aliphatic hydroxyl groups is 2. The largest absolute Gasteiger partial charge is 0.466 e. The fourth-order valence-corrected chi connectivity index (χ4v) is 3.78. The van der Waals surface area contributed by atoms with Gasteiger partial charge in [0.05, 0.1) is 39.3 Å². The van der Waals surface area contributed by atoms with Crippen molar-refractivity contribution in [1.82, 2.24) is 0 Å². The van der Waals surface area contributed by atoms with Gasteiger partial charge in [-0.2, -0.15) is 0 Å². The first-order valence-electron chi connectivity index (χ1n) is 13.9. The number of ether oxygens (including phenoxy) is 2. The highest BCUT2D eigenvalue weighted by molar-refractivity contribution is 5.69. The predicted octanol–water partition coefficient (Wildman–Crippen LogP) is 6.42. The molecule has 0 atom stereocenters. The van der Waals surface area contributed by atoms with Gasteiger partial charge in [-0.1, -0.05) is 89.2 Å². The third kappa shape index (κ3) is 26.8. The summed E-state index contributed by atoms with van der Waals surface area (Å²) in [5.41, 5.74) is 0. The van der Waals surface area contributed by atoms with Gasteiger partial charge in [0.2, 0.25) is 0 Å². The molecular formula is C28H52O6. The molecule has 2 N–H and O–H groups in total. The van der Waals surface area contributed by atoms with Gasteiger partial charge >= 0.3 is 11.9 Å². The molecule has 6 nitrogen and oxygen atoms in total. The normalized spacial score (nSPS) is 11.2. The van der Waals surface area contributed by atoms with Gasteiger partial charge in [-0.25, -0.2) is 0 Å². The lowest BCUT2D eigenvalue weighted by atomic mass is 10.1. The second kappa shape index (κ2) is 27.8. The van der Waals surface area contributed by atoms with E-state index < -0.39 is 0 Å². The van der Waals surface area contributed by atoms with Gasteiger partial charge in [-0.15, -0.1) is 0 Å². The standard InChI is InChI=1S/C28H52O6/c29-23-21-27(31)33-25-19-17-15-13-11-9-7-5-3-1-2-4-6-8-10-12-14-16-18-20-26-34-28(32)22-24-30/h3,5,29-30H,1-2,4,6-26H2. The van der Waals surface area contributed by atoms with E-state index in [0.29, 0.717) is 13.2 Å². The van der Waals surface area contributed by atoms with Gasteiger partial charge in [0.1, 0.15) is 0 Å². The number of unbranched alkanes of at least 4 members (excludes halogenated alkanes) is 16. The van der Waals surface area contributed by atoms with Crippen LogP contribution in [0.2, 0.25) is 0 Å². The average molecular weight is 485 g/mol. The lowest BCUT2D eigenvalue weighted by Gasteiger charge is -2.04. The third-order valence-electron chi connectivity index (χ3n) is 5.85. The van der Waals surface area contributed by atoms with Crippen LogP contribution in [0.1, 0.15) is 128 Å². The first-order valence-corrected chi connectivity index (χ1v) is 13.9. The van der Waals surface area contributed by atoms with E-state index in [-0.39, 0.29) is 38.0 Å². The van der Waals surface area contributed by atoms with Gasteiger partial charge < -0.3 is 19.7 Å². The number of allylic oxidation sites excluding steroid dienone is 2. The van der Waals surface area contributed by atoms with Crippen molar-refractivity contribution in [2.24, 2.45) is 0 Å². The fraction of sp³-hybridized carbons (Fsp3) is 0.857. The molecule has 0 fully saturated rings. The van der Waals surface area contributed by atoms with Crippen molar-refractivity contribution in [2.45, 2.75) is 128 Å². The van der Waals surface area contributed by atoms with E-state index in [0.717, 1.165) is 25.7 Å². The molecule has 0 aromatic rings. The minimum Gasteiger partial charge on any atom is -0.466 e. The molecule has 0 unspecified atom stereocenters. The zero-order valence-corrected chi connectivity index (χ0v) is 21.7. The van der Waals surface area contributed by atoms with Crippen LogP contribution in [-0.4, -0.2) is 48.6 Å². The Kier molecular flexibility index (Phi) is 26.7. The molecule has 200 valence electrons. The number of hydrogen-bond acceptors (Lipinski definition) is 6. The number of aliphatic hydroxyl groups excluding tert-OH is 2. The molecular weight excluding hydrogens is 432 g/mol. The molecule has 0 saturated carbocycles. The second-order valence-electron chi connectivity index (χ2n) is 9.09. The van der Waals surface area contributed by atoms with Crippen LogP contribution >= 0.6 is 0 Å². The van der Waals surface area contributed by atoms with Crippen LogP contribution < -0.4 is 0 Å². The summed E-state index contributed by atoms with van der Waals surface area (Å²) in [5, 5.41) is 17.2. The Morgan fingerprint density at radius 3 is 1.09 bits per heavy atom. The van der Waals surface area contributed by atoms with Crippen LogP contribution in [0.4, 0.5) is 0 Å². The van der Waals surface area contributed by atoms with E-state index in [1.807, 2.05) is 0 Å². The smallest absolute Gasteiger partial charge is 0.308 e. The lowest BCUT2D eigenvalue weighted by molar-refractivity contribution is -0.145. The quantitative estimate of drug-likeness (QED) is 0.0836.